The van der Waals surface area contributed by atoms with Crippen LogP contribution >= 0.6 is 27.5 Å². The summed E-state index contributed by atoms with van der Waals surface area (Å²) < 4.78 is 6.78. The zero-order valence-corrected chi connectivity index (χ0v) is 13.9. The zero-order chi connectivity index (χ0) is 15.0. The van der Waals surface area contributed by atoms with E-state index in [1.54, 1.807) is 0 Å². The monoisotopic (exact) mass is 363 g/mol. The van der Waals surface area contributed by atoms with Gasteiger partial charge in [-0.3, -0.25) is 0 Å². The van der Waals surface area contributed by atoms with E-state index in [9.17, 15) is 0 Å². The standard InChI is InChI=1S/C17H15BrClNO/c1-2-14-16(11-5-3-4-6-15(11)21-14)17(20)10-7-8-13(19)12(18)9-10/h3-9,17H,2,20H2,1H3. The summed E-state index contributed by atoms with van der Waals surface area (Å²) in [7, 11) is 0. The first-order chi connectivity index (χ1) is 10.1. The van der Waals surface area contributed by atoms with E-state index in [-0.39, 0.29) is 6.04 Å². The summed E-state index contributed by atoms with van der Waals surface area (Å²) >= 11 is 9.51. The van der Waals surface area contributed by atoms with Gasteiger partial charge < -0.3 is 10.2 Å². The van der Waals surface area contributed by atoms with E-state index < -0.39 is 0 Å². The third-order valence-electron chi connectivity index (χ3n) is 3.65. The average Bonchev–Trinajstić information content (AvgIpc) is 2.87. The molecule has 1 atom stereocenters. The van der Waals surface area contributed by atoms with Crippen molar-refractivity contribution in [3.05, 3.63) is 68.8 Å². The van der Waals surface area contributed by atoms with Crippen molar-refractivity contribution in [3.8, 4) is 0 Å². The smallest absolute Gasteiger partial charge is 0.134 e. The predicted molar refractivity (Wildman–Crippen MR) is 90.8 cm³/mol. The molecule has 21 heavy (non-hydrogen) atoms. The van der Waals surface area contributed by atoms with Crippen molar-refractivity contribution in [1.82, 2.24) is 0 Å². The maximum absolute atomic E-state index is 6.50. The highest BCUT2D eigenvalue weighted by Crippen LogP contribution is 2.35. The molecule has 0 spiro atoms. The number of furan rings is 1. The second kappa shape index (κ2) is 5.84. The minimum atomic E-state index is -0.239. The van der Waals surface area contributed by atoms with Gasteiger partial charge in [0.15, 0.2) is 0 Å². The molecule has 0 bridgehead atoms. The summed E-state index contributed by atoms with van der Waals surface area (Å²) in [6.07, 6.45) is 0.812. The number of hydrogen-bond donors (Lipinski definition) is 1. The summed E-state index contributed by atoms with van der Waals surface area (Å²) in [5.41, 5.74) is 9.45. The molecule has 0 aliphatic heterocycles. The molecular formula is C17H15BrClNO. The van der Waals surface area contributed by atoms with Crippen LogP contribution in [-0.4, -0.2) is 0 Å². The zero-order valence-electron chi connectivity index (χ0n) is 11.6. The fourth-order valence-electron chi connectivity index (χ4n) is 2.59. The SMILES string of the molecule is CCc1oc2ccccc2c1C(N)c1ccc(Cl)c(Br)c1. The molecule has 0 aliphatic rings. The van der Waals surface area contributed by atoms with E-state index >= 15 is 0 Å². The lowest BCUT2D eigenvalue weighted by molar-refractivity contribution is 0.546. The van der Waals surface area contributed by atoms with Crippen LogP contribution in [0.15, 0.2) is 51.4 Å². The van der Waals surface area contributed by atoms with Crippen LogP contribution in [0.1, 0.15) is 29.9 Å². The van der Waals surface area contributed by atoms with E-state index in [1.165, 1.54) is 0 Å². The van der Waals surface area contributed by atoms with Gasteiger partial charge in [0.2, 0.25) is 0 Å². The van der Waals surface area contributed by atoms with Gasteiger partial charge in [-0.1, -0.05) is 42.8 Å². The third kappa shape index (κ3) is 2.61. The lowest BCUT2D eigenvalue weighted by atomic mass is 9.96. The van der Waals surface area contributed by atoms with Gasteiger partial charge in [0.05, 0.1) is 11.1 Å². The van der Waals surface area contributed by atoms with E-state index in [1.807, 2.05) is 36.4 Å². The Morgan fingerprint density at radius 1 is 1.24 bits per heavy atom. The summed E-state index contributed by atoms with van der Waals surface area (Å²) in [6.45, 7) is 2.08. The molecule has 0 saturated heterocycles. The maximum Gasteiger partial charge on any atom is 0.134 e. The Morgan fingerprint density at radius 2 is 2.00 bits per heavy atom. The van der Waals surface area contributed by atoms with Crippen molar-refractivity contribution >= 4 is 38.5 Å². The van der Waals surface area contributed by atoms with Crippen LogP contribution < -0.4 is 5.73 Å². The number of hydrogen-bond acceptors (Lipinski definition) is 2. The number of para-hydroxylation sites is 1. The minimum Gasteiger partial charge on any atom is -0.461 e. The molecule has 2 nitrogen and oxygen atoms in total. The molecule has 0 saturated carbocycles. The number of aryl methyl sites for hydroxylation is 1. The molecule has 1 aromatic heterocycles. The molecule has 1 unspecified atom stereocenters. The molecule has 0 radical (unpaired) electrons. The average molecular weight is 365 g/mol. The molecule has 3 rings (SSSR count). The molecule has 0 fully saturated rings. The van der Waals surface area contributed by atoms with E-state index in [0.717, 1.165) is 38.7 Å². The van der Waals surface area contributed by atoms with Crippen molar-refractivity contribution < 1.29 is 4.42 Å². The number of rotatable bonds is 3. The molecular weight excluding hydrogens is 350 g/mol. The summed E-state index contributed by atoms with van der Waals surface area (Å²) in [5, 5.41) is 1.76. The van der Waals surface area contributed by atoms with Crippen LogP contribution in [0, 0.1) is 0 Å². The Hall–Kier alpha value is -1.29. The van der Waals surface area contributed by atoms with Crippen molar-refractivity contribution in [2.24, 2.45) is 5.73 Å². The first-order valence-electron chi connectivity index (χ1n) is 6.82. The quantitative estimate of drug-likeness (QED) is 0.670. The Kier molecular flexibility index (Phi) is 4.07. The minimum absolute atomic E-state index is 0.239. The Labute approximate surface area is 137 Å². The van der Waals surface area contributed by atoms with Gasteiger partial charge in [0.25, 0.3) is 0 Å². The number of benzene rings is 2. The Bertz CT molecular complexity index is 797. The summed E-state index contributed by atoms with van der Waals surface area (Å²) in [6, 6.07) is 13.5. The maximum atomic E-state index is 6.50. The number of fused-ring (bicyclic) bond motifs is 1. The van der Waals surface area contributed by atoms with Gasteiger partial charge in [-0.2, -0.15) is 0 Å². The highest BCUT2D eigenvalue weighted by atomic mass is 79.9. The van der Waals surface area contributed by atoms with Crippen LogP contribution in [0.3, 0.4) is 0 Å². The van der Waals surface area contributed by atoms with Crippen LogP contribution in [0.4, 0.5) is 0 Å². The molecule has 2 N–H and O–H groups in total. The summed E-state index contributed by atoms with van der Waals surface area (Å²) in [5.74, 6) is 0.940. The van der Waals surface area contributed by atoms with Crippen molar-refractivity contribution in [2.75, 3.05) is 0 Å². The van der Waals surface area contributed by atoms with Crippen LogP contribution in [0.25, 0.3) is 11.0 Å². The highest BCUT2D eigenvalue weighted by molar-refractivity contribution is 9.10. The Morgan fingerprint density at radius 3 is 2.71 bits per heavy atom. The van der Waals surface area contributed by atoms with Gasteiger partial charge in [0.1, 0.15) is 11.3 Å². The lowest BCUT2D eigenvalue weighted by Gasteiger charge is -2.13. The lowest BCUT2D eigenvalue weighted by Crippen LogP contribution is -2.13. The molecule has 3 aromatic rings. The van der Waals surface area contributed by atoms with Gasteiger partial charge in [-0.15, -0.1) is 0 Å². The first kappa shape index (κ1) is 14.6. The number of halogens is 2. The van der Waals surface area contributed by atoms with E-state index in [0.29, 0.717) is 5.02 Å². The molecule has 0 aliphatic carbocycles. The fourth-order valence-corrected chi connectivity index (χ4v) is 3.11. The van der Waals surface area contributed by atoms with Crippen molar-refractivity contribution in [2.45, 2.75) is 19.4 Å². The first-order valence-corrected chi connectivity index (χ1v) is 7.99. The van der Waals surface area contributed by atoms with E-state index in [4.69, 9.17) is 21.8 Å². The summed E-state index contributed by atoms with van der Waals surface area (Å²) in [4.78, 5) is 0. The van der Waals surface area contributed by atoms with Crippen LogP contribution in [0.2, 0.25) is 5.02 Å². The fraction of sp³-hybridized carbons (Fsp3) is 0.176. The molecule has 4 heteroatoms. The molecule has 0 amide bonds. The van der Waals surface area contributed by atoms with E-state index in [2.05, 4.69) is 28.9 Å². The third-order valence-corrected chi connectivity index (χ3v) is 4.86. The molecule has 1 heterocycles. The Balaban J connectivity index is 2.16. The van der Waals surface area contributed by atoms with Crippen LogP contribution in [0.5, 0.6) is 0 Å². The van der Waals surface area contributed by atoms with Crippen molar-refractivity contribution in [1.29, 1.82) is 0 Å². The van der Waals surface area contributed by atoms with Gasteiger partial charge >= 0.3 is 0 Å². The normalized spacial score (nSPS) is 12.8. The number of nitrogens with two attached hydrogens (primary N) is 1. The highest BCUT2D eigenvalue weighted by Gasteiger charge is 2.20. The molecule has 2 aromatic carbocycles. The van der Waals surface area contributed by atoms with Crippen LogP contribution in [-0.2, 0) is 6.42 Å². The second-order valence-corrected chi connectivity index (χ2v) is 6.20. The van der Waals surface area contributed by atoms with Gasteiger partial charge in [-0.05, 0) is 39.7 Å². The van der Waals surface area contributed by atoms with Crippen molar-refractivity contribution in [3.63, 3.8) is 0 Å². The molecule has 108 valence electrons. The van der Waals surface area contributed by atoms with Gasteiger partial charge in [-0.25, -0.2) is 0 Å². The second-order valence-electron chi connectivity index (χ2n) is 4.94. The largest absolute Gasteiger partial charge is 0.461 e. The topological polar surface area (TPSA) is 39.2 Å². The predicted octanol–water partition coefficient (Wildman–Crippen LogP) is 5.46. The van der Waals surface area contributed by atoms with Gasteiger partial charge in [0, 0.05) is 21.8 Å².